The molecule has 1 aliphatic rings. The fraction of sp³-hybridized carbons (Fsp3) is 0.360. The Morgan fingerprint density at radius 3 is 2.78 bits per heavy atom. The lowest BCUT2D eigenvalue weighted by atomic mass is 9.96. The topological polar surface area (TPSA) is 103 Å². The van der Waals surface area contributed by atoms with Crippen molar-refractivity contribution in [3.8, 4) is 18.2 Å². The molecule has 0 unspecified atom stereocenters. The first-order chi connectivity index (χ1) is 17.3. The monoisotopic (exact) mass is 515 g/mol. The number of rotatable bonds is 8. The number of aliphatic imine (C=N–C) groups is 1. The molecule has 1 aromatic carbocycles. The van der Waals surface area contributed by atoms with E-state index in [4.69, 9.17) is 21.6 Å². The van der Waals surface area contributed by atoms with Gasteiger partial charge in [-0.1, -0.05) is 23.7 Å². The number of carbonyl (C=O) groups is 1. The summed E-state index contributed by atoms with van der Waals surface area (Å²) in [5, 5.41) is 0.204. The molecular formula is C25H27F2N5O3S. The van der Waals surface area contributed by atoms with Crippen molar-refractivity contribution in [2.45, 2.75) is 18.1 Å². The average molecular weight is 516 g/mol. The highest BCUT2D eigenvalue weighted by Crippen LogP contribution is 2.33. The third-order valence-electron chi connectivity index (χ3n) is 5.37. The minimum Gasteiger partial charge on any atom is -0.463 e. The SMILES string of the molecule is C#CCOc1cnc(/C(F)=C/c2ccc(F)c(C[C@@](C)(SC(N)=NC)C(=O)N3CCOCC3)c2)cn1. The Bertz CT molecular complexity index is 1180. The van der Waals surface area contributed by atoms with Gasteiger partial charge in [-0.25, -0.2) is 18.7 Å². The summed E-state index contributed by atoms with van der Waals surface area (Å²) in [6, 6.07) is 4.17. The number of amidine groups is 1. The van der Waals surface area contributed by atoms with E-state index in [-0.39, 0.29) is 41.2 Å². The van der Waals surface area contributed by atoms with E-state index in [1.54, 1.807) is 11.8 Å². The van der Waals surface area contributed by atoms with Crippen LogP contribution in [0.15, 0.2) is 35.6 Å². The van der Waals surface area contributed by atoms with E-state index in [1.807, 2.05) is 0 Å². The Balaban J connectivity index is 1.86. The number of terminal acetylenes is 1. The van der Waals surface area contributed by atoms with Gasteiger partial charge in [0.15, 0.2) is 17.6 Å². The molecule has 3 rings (SSSR count). The molecule has 0 radical (unpaired) electrons. The number of morpholine rings is 1. The summed E-state index contributed by atoms with van der Waals surface area (Å²) >= 11 is 1.07. The van der Waals surface area contributed by atoms with E-state index in [1.165, 1.54) is 43.7 Å². The predicted molar refractivity (Wildman–Crippen MR) is 136 cm³/mol. The van der Waals surface area contributed by atoms with Crippen LogP contribution in [0.1, 0.15) is 23.7 Å². The van der Waals surface area contributed by atoms with E-state index >= 15 is 0 Å². The first-order valence-electron chi connectivity index (χ1n) is 11.1. The highest BCUT2D eigenvalue weighted by Gasteiger charge is 2.40. The zero-order valence-corrected chi connectivity index (χ0v) is 20.9. The van der Waals surface area contributed by atoms with Gasteiger partial charge in [-0.15, -0.1) is 6.42 Å². The van der Waals surface area contributed by atoms with Gasteiger partial charge < -0.3 is 20.1 Å². The van der Waals surface area contributed by atoms with Gasteiger partial charge in [0, 0.05) is 20.1 Å². The predicted octanol–water partition coefficient (Wildman–Crippen LogP) is 2.93. The first kappa shape index (κ1) is 27.1. The van der Waals surface area contributed by atoms with E-state index in [0.29, 0.717) is 31.9 Å². The van der Waals surface area contributed by atoms with Crippen molar-refractivity contribution in [3.63, 3.8) is 0 Å². The lowest BCUT2D eigenvalue weighted by Gasteiger charge is -2.36. The minimum absolute atomic E-state index is 0.0141. The second-order valence-electron chi connectivity index (χ2n) is 8.05. The Kier molecular flexibility index (Phi) is 9.38. The number of nitrogens with two attached hydrogens (primary N) is 1. The van der Waals surface area contributed by atoms with Crippen LogP contribution in [0.5, 0.6) is 5.88 Å². The standard InChI is InChI=1S/C25H27F2N5O3S/c1-4-9-35-22-16-30-21(15-31-22)20(27)13-17-5-6-19(26)18(12-17)14-25(2,36-24(28)29-3)23(33)32-7-10-34-11-8-32/h1,5-6,12-13,15-16H,7-11,14H2,2-3H3,(H2,28,29)/b20-13-/t25-/m1/s1. The molecule has 1 amide bonds. The third kappa shape index (κ3) is 7.02. The van der Waals surface area contributed by atoms with Crippen molar-refractivity contribution in [1.82, 2.24) is 14.9 Å². The van der Waals surface area contributed by atoms with E-state index in [2.05, 4.69) is 20.9 Å². The number of nitrogens with zero attached hydrogens (tertiary/aromatic N) is 4. The number of carbonyl (C=O) groups excluding carboxylic acids is 1. The zero-order chi connectivity index (χ0) is 26.1. The van der Waals surface area contributed by atoms with Crippen LogP contribution in [0.3, 0.4) is 0 Å². The van der Waals surface area contributed by atoms with Crippen LogP contribution in [0, 0.1) is 18.2 Å². The molecule has 2 N–H and O–H groups in total. The molecule has 36 heavy (non-hydrogen) atoms. The van der Waals surface area contributed by atoms with E-state index in [0.717, 1.165) is 11.8 Å². The quantitative estimate of drug-likeness (QED) is 0.328. The van der Waals surface area contributed by atoms with Gasteiger partial charge in [-0.2, -0.15) is 0 Å². The Morgan fingerprint density at radius 2 is 2.14 bits per heavy atom. The molecule has 0 saturated carbocycles. The fourth-order valence-electron chi connectivity index (χ4n) is 3.57. The third-order valence-corrected chi connectivity index (χ3v) is 6.53. The Morgan fingerprint density at radius 1 is 1.39 bits per heavy atom. The van der Waals surface area contributed by atoms with Gasteiger partial charge in [0.1, 0.15) is 16.3 Å². The van der Waals surface area contributed by atoms with Crippen LogP contribution in [-0.4, -0.2) is 70.6 Å². The Hall–Kier alpha value is -3.49. The summed E-state index contributed by atoms with van der Waals surface area (Å²) in [7, 11) is 1.52. The highest BCUT2D eigenvalue weighted by atomic mass is 32.2. The normalized spacial score (nSPS) is 16.2. The van der Waals surface area contributed by atoms with Crippen molar-refractivity contribution in [3.05, 3.63) is 53.2 Å². The van der Waals surface area contributed by atoms with Gasteiger partial charge in [0.05, 0.1) is 25.6 Å². The van der Waals surface area contributed by atoms with Gasteiger partial charge in [0.2, 0.25) is 11.8 Å². The lowest BCUT2D eigenvalue weighted by molar-refractivity contribution is -0.137. The van der Waals surface area contributed by atoms with E-state index < -0.39 is 16.4 Å². The van der Waals surface area contributed by atoms with Crippen LogP contribution in [-0.2, 0) is 16.0 Å². The fourth-order valence-corrected chi connectivity index (χ4v) is 4.56. The molecule has 1 fully saturated rings. The molecule has 0 aliphatic carbocycles. The van der Waals surface area contributed by atoms with Crippen LogP contribution in [0.4, 0.5) is 8.78 Å². The second kappa shape index (κ2) is 12.5. The smallest absolute Gasteiger partial charge is 0.239 e. The lowest BCUT2D eigenvalue weighted by Crippen LogP contribution is -2.51. The largest absolute Gasteiger partial charge is 0.463 e. The maximum atomic E-state index is 14.9. The molecule has 11 heteroatoms. The average Bonchev–Trinajstić information content (AvgIpc) is 2.89. The number of amides is 1. The summed E-state index contributed by atoms with van der Waals surface area (Å²) in [6.45, 7) is 3.45. The summed E-state index contributed by atoms with van der Waals surface area (Å²) in [5.74, 6) is 1.08. The van der Waals surface area contributed by atoms with Gasteiger partial charge >= 0.3 is 0 Å². The van der Waals surface area contributed by atoms with Crippen molar-refractivity contribution >= 4 is 34.7 Å². The number of hydrogen-bond donors (Lipinski definition) is 1. The molecular weight excluding hydrogens is 488 g/mol. The summed E-state index contributed by atoms with van der Waals surface area (Å²) in [6.07, 6.45) is 8.83. The minimum atomic E-state index is -1.14. The number of halogens is 2. The van der Waals surface area contributed by atoms with Crippen LogP contribution in [0.25, 0.3) is 11.9 Å². The molecule has 2 heterocycles. The molecule has 1 saturated heterocycles. The molecule has 0 bridgehead atoms. The zero-order valence-electron chi connectivity index (χ0n) is 20.0. The van der Waals surface area contributed by atoms with Crippen LogP contribution >= 0.6 is 11.8 Å². The van der Waals surface area contributed by atoms with Crippen LogP contribution in [0.2, 0.25) is 0 Å². The van der Waals surface area contributed by atoms with Gasteiger partial charge in [0.25, 0.3) is 0 Å². The number of hydrogen-bond acceptors (Lipinski definition) is 7. The second-order valence-corrected chi connectivity index (χ2v) is 9.58. The van der Waals surface area contributed by atoms with Gasteiger partial charge in [-0.3, -0.25) is 9.79 Å². The van der Waals surface area contributed by atoms with E-state index in [9.17, 15) is 13.6 Å². The molecule has 1 atom stereocenters. The molecule has 0 spiro atoms. The summed E-state index contributed by atoms with van der Waals surface area (Å²) in [5.41, 5.74) is 6.55. The van der Waals surface area contributed by atoms with Gasteiger partial charge in [-0.05, 0) is 42.7 Å². The van der Waals surface area contributed by atoms with Crippen molar-refractivity contribution < 1.29 is 23.0 Å². The maximum absolute atomic E-state index is 14.9. The Labute approximate surface area is 213 Å². The number of ether oxygens (including phenoxy) is 2. The molecule has 1 aromatic heterocycles. The molecule has 8 nitrogen and oxygen atoms in total. The number of aromatic nitrogens is 2. The van der Waals surface area contributed by atoms with Crippen LogP contribution < -0.4 is 10.5 Å². The van der Waals surface area contributed by atoms with Crippen molar-refractivity contribution in [1.29, 1.82) is 0 Å². The first-order valence-corrected chi connectivity index (χ1v) is 11.9. The highest BCUT2D eigenvalue weighted by molar-refractivity contribution is 8.15. The summed E-state index contributed by atoms with van der Waals surface area (Å²) < 4.78 is 39.0. The van der Waals surface area contributed by atoms with Crippen molar-refractivity contribution in [2.24, 2.45) is 10.7 Å². The number of benzene rings is 1. The molecule has 190 valence electrons. The number of thioether (sulfide) groups is 1. The van der Waals surface area contributed by atoms with Crippen molar-refractivity contribution in [2.75, 3.05) is 40.0 Å². The summed E-state index contributed by atoms with van der Waals surface area (Å²) in [4.78, 5) is 27.0. The molecule has 2 aromatic rings. The molecule has 1 aliphatic heterocycles. The maximum Gasteiger partial charge on any atom is 0.239 e.